The fraction of sp³-hybridized carbons (Fsp3) is 0.125. The molecule has 0 aromatic heterocycles. The van der Waals surface area contributed by atoms with E-state index in [4.69, 9.17) is 9.47 Å². The molecule has 1 amide bonds. The number of benzene rings is 2. The number of esters is 1. The Morgan fingerprint density at radius 3 is 2.29 bits per heavy atom. The molecule has 0 aliphatic heterocycles. The molecular formula is C16H12F3NO4. The van der Waals surface area contributed by atoms with E-state index in [0.717, 1.165) is 18.2 Å². The lowest BCUT2D eigenvalue weighted by molar-refractivity contribution is -0.119. The van der Waals surface area contributed by atoms with E-state index in [0.29, 0.717) is 6.07 Å². The van der Waals surface area contributed by atoms with Gasteiger partial charge in [-0.1, -0.05) is 0 Å². The molecule has 0 aliphatic rings. The summed E-state index contributed by atoms with van der Waals surface area (Å²) in [5.74, 6) is -4.27. The number of carbonyl (C=O) groups is 2. The zero-order valence-electron chi connectivity index (χ0n) is 12.4. The molecule has 0 radical (unpaired) electrons. The van der Waals surface area contributed by atoms with Crippen molar-refractivity contribution >= 4 is 17.6 Å². The zero-order valence-corrected chi connectivity index (χ0v) is 12.4. The quantitative estimate of drug-likeness (QED) is 0.851. The van der Waals surface area contributed by atoms with Gasteiger partial charge in [0.25, 0.3) is 5.91 Å². The van der Waals surface area contributed by atoms with Crippen molar-refractivity contribution in [1.29, 1.82) is 0 Å². The maximum absolute atomic E-state index is 13.5. The first-order valence-corrected chi connectivity index (χ1v) is 6.65. The second-order valence-corrected chi connectivity index (χ2v) is 4.63. The van der Waals surface area contributed by atoms with Crippen LogP contribution in [0.15, 0.2) is 36.4 Å². The number of hydrogen-bond acceptors (Lipinski definition) is 4. The Labute approximate surface area is 135 Å². The SMILES string of the molecule is COc1ccc(C(=O)OCC(=O)Nc2cc(F)cc(F)c2)cc1F. The van der Waals surface area contributed by atoms with Crippen LogP contribution in [0.1, 0.15) is 10.4 Å². The Balaban J connectivity index is 1.93. The molecule has 0 atom stereocenters. The zero-order chi connectivity index (χ0) is 17.7. The first-order chi connectivity index (χ1) is 11.4. The van der Waals surface area contributed by atoms with Gasteiger partial charge in [0.15, 0.2) is 18.2 Å². The number of nitrogens with one attached hydrogen (secondary N) is 1. The van der Waals surface area contributed by atoms with Crippen LogP contribution in [0.5, 0.6) is 5.75 Å². The largest absolute Gasteiger partial charge is 0.494 e. The molecule has 24 heavy (non-hydrogen) atoms. The Kier molecular flexibility index (Phi) is 5.41. The summed E-state index contributed by atoms with van der Waals surface area (Å²) in [5.41, 5.74) is -0.234. The first-order valence-electron chi connectivity index (χ1n) is 6.65. The van der Waals surface area contributed by atoms with Crippen molar-refractivity contribution in [3.05, 3.63) is 59.4 Å². The highest BCUT2D eigenvalue weighted by molar-refractivity contribution is 5.95. The average molecular weight is 339 g/mol. The monoisotopic (exact) mass is 339 g/mol. The van der Waals surface area contributed by atoms with E-state index in [-0.39, 0.29) is 17.0 Å². The Bertz CT molecular complexity index is 760. The third kappa shape index (κ3) is 4.48. The number of rotatable bonds is 5. The van der Waals surface area contributed by atoms with Gasteiger partial charge in [-0.15, -0.1) is 0 Å². The molecule has 2 aromatic carbocycles. The van der Waals surface area contributed by atoms with E-state index >= 15 is 0 Å². The van der Waals surface area contributed by atoms with Gasteiger partial charge in [-0.05, 0) is 30.3 Å². The van der Waals surface area contributed by atoms with Crippen LogP contribution in [-0.2, 0) is 9.53 Å². The number of methoxy groups -OCH3 is 1. The minimum Gasteiger partial charge on any atom is -0.494 e. The highest BCUT2D eigenvalue weighted by atomic mass is 19.1. The van der Waals surface area contributed by atoms with Crippen molar-refractivity contribution in [2.45, 2.75) is 0 Å². The van der Waals surface area contributed by atoms with E-state index in [2.05, 4.69) is 5.32 Å². The number of anilines is 1. The molecule has 0 unspecified atom stereocenters. The molecule has 2 aromatic rings. The van der Waals surface area contributed by atoms with Crippen molar-refractivity contribution in [3.8, 4) is 5.75 Å². The normalized spacial score (nSPS) is 10.2. The van der Waals surface area contributed by atoms with Crippen LogP contribution >= 0.6 is 0 Å². The Hall–Kier alpha value is -3.03. The second-order valence-electron chi connectivity index (χ2n) is 4.63. The molecular weight excluding hydrogens is 327 g/mol. The lowest BCUT2D eigenvalue weighted by Crippen LogP contribution is -2.21. The lowest BCUT2D eigenvalue weighted by atomic mass is 10.2. The fourth-order valence-corrected chi connectivity index (χ4v) is 1.83. The number of hydrogen-bond donors (Lipinski definition) is 1. The summed E-state index contributed by atoms with van der Waals surface area (Å²) in [6.45, 7) is -0.704. The van der Waals surface area contributed by atoms with Gasteiger partial charge >= 0.3 is 5.97 Å². The molecule has 0 saturated carbocycles. The second kappa shape index (κ2) is 7.49. The van der Waals surface area contributed by atoms with E-state index in [1.165, 1.54) is 19.2 Å². The van der Waals surface area contributed by atoms with E-state index in [9.17, 15) is 22.8 Å². The minimum atomic E-state index is -0.933. The van der Waals surface area contributed by atoms with Crippen LogP contribution in [0.4, 0.5) is 18.9 Å². The van der Waals surface area contributed by atoms with Crippen LogP contribution < -0.4 is 10.1 Å². The summed E-state index contributed by atoms with van der Waals surface area (Å²) < 4.78 is 48.9. The highest BCUT2D eigenvalue weighted by Gasteiger charge is 2.13. The van der Waals surface area contributed by atoms with Gasteiger partial charge < -0.3 is 14.8 Å². The number of ether oxygens (including phenoxy) is 2. The molecule has 1 N–H and O–H groups in total. The molecule has 0 aliphatic carbocycles. The average Bonchev–Trinajstić information content (AvgIpc) is 2.51. The van der Waals surface area contributed by atoms with Crippen LogP contribution in [0.2, 0.25) is 0 Å². The summed E-state index contributed by atoms with van der Waals surface area (Å²) in [7, 11) is 1.27. The number of amides is 1. The standard InChI is InChI=1S/C16H12F3NO4/c1-23-14-3-2-9(4-13(14)19)16(22)24-8-15(21)20-12-6-10(17)5-11(18)7-12/h2-7H,8H2,1H3,(H,20,21). The summed E-state index contributed by atoms with van der Waals surface area (Å²) in [6, 6.07) is 5.86. The molecule has 2 rings (SSSR count). The fourth-order valence-electron chi connectivity index (χ4n) is 1.83. The number of halogens is 3. The maximum Gasteiger partial charge on any atom is 0.338 e. The van der Waals surface area contributed by atoms with Crippen molar-refractivity contribution in [2.75, 3.05) is 19.0 Å². The summed E-state index contributed by atoms with van der Waals surface area (Å²) >= 11 is 0. The van der Waals surface area contributed by atoms with Crippen LogP contribution in [0.3, 0.4) is 0 Å². The Morgan fingerprint density at radius 1 is 1.04 bits per heavy atom. The predicted molar refractivity (Wildman–Crippen MR) is 78.2 cm³/mol. The van der Waals surface area contributed by atoms with Crippen molar-refractivity contribution in [1.82, 2.24) is 0 Å². The van der Waals surface area contributed by atoms with E-state index < -0.39 is 35.9 Å². The third-order valence-electron chi connectivity index (χ3n) is 2.87. The third-order valence-corrected chi connectivity index (χ3v) is 2.87. The number of carbonyl (C=O) groups excluding carboxylic acids is 2. The van der Waals surface area contributed by atoms with Gasteiger partial charge in [0, 0.05) is 11.8 Å². The highest BCUT2D eigenvalue weighted by Crippen LogP contribution is 2.18. The summed E-state index contributed by atoms with van der Waals surface area (Å²) in [6.07, 6.45) is 0. The van der Waals surface area contributed by atoms with Crippen LogP contribution in [0, 0.1) is 17.5 Å². The predicted octanol–water partition coefficient (Wildman–Crippen LogP) is 2.91. The van der Waals surface area contributed by atoms with Gasteiger partial charge in [0.2, 0.25) is 0 Å². The van der Waals surface area contributed by atoms with Crippen molar-refractivity contribution in [3.63, 3.8) is 0 Å². The van der Waals surface area contributed by atoms with E-state index in [1.54, 1.807) is 0 Å². The van der Waals surface area contributed by atoms with Gasteiger partial charge in [-0.3, -0.25) is 4.79 Å². The van der Waals surface area contributed by atoms with E-state index in [1.807, 2.05) is 0 Å². The molecule has 5 nitrogen and oxygen atoms in total. The van der Waals surface area contributed by atoms with Crippen molar-refractivity contribution in [2.24, 2.45) is 0 Å². The Morgan fingerprint density at radius 2 is 1.71 bits per heavy atom. The molecule has 126 valence electrons. The molecule has 0 saturated heterocycles. The lowest BCUT2D eigenvalue weighted by Gasteiger charge is -2.08. The molecule has 0 spiro atoms. The summed E-state index contributed by atoms with van der Waals surface area (Å²) in [5, 5.41) is 2.17. The summed E-state index contributed by atoms with van der Waals surface area (Å²) in [4.78, 5) is 23.3. The van der Waals surface area contributed by atoms with Crippen molar-refractivity contribution < 1.29 is 32.2 Å². The first kappa shape index (κ1) is 17.3. The van der Waals surface area contributed by atoms with Crippen LogP contribution in [0.25, 0.3) is 0 Å². The minimum absolute atomic E-state index is 0.0441. The van der Waals surface area contributed by atoms with Crippen LogP contribution in [-0.4, -0.2) is 25.6 Å². The molecule has 0 fully saturated rings. The van der Waals surface area contributed by atoms with Gasteiger partial charge in [-0.25, -0.2) is 18.0 Å². The smallest absolute Gasteiger partial charge is 0.338 e. The maximum atomic E-state index is 13.5. The van der Waals surface area contributed by atoms with Gasteiger partial charge in [-0.2, -0.15) is 0 Å². The molecule has 0 bridgehead atoms. The van der Waals surface area contributed by atoms with Gasteiger partial charge in [0.1, 0.15) is 11.6 Å². The molecule has 8 heteroatoms. The van der Waals surface area contributed by atoms with Gasteiger partial charge in [0.05, 0.1) is 12.7 Å². The molecule has 0 heterocycles. The topological polar surface area (TPSA) is 64.6 Å².